The smallest absolute Gasteiger partial charge is 0.293 e. The van der Waals surface area contributed by atoms with Crippen LogP contribution in [-0.4, -0.2) is 33.3 Å². The van der Waals surface area contributed by atoms with Gasteiger partial charge < -0.3 is 16.0 Å². The Morgan fingerprint density at radius 2 is 1.97 bits per heavy atom. The van der Waals surface area contributed by atoms with Crippen LogP contribution in [0.1, 0.15) is 29.0 Å². The minimum absolute atomic E-state index is 0.0666. The lowest BCUT2D eigenvalue weighted by molar-refractivity contribution is -0.384. The number of carbonyl (C=O) groups excluding carboxylic acids is 2. The standard InChI is InChI=1S/C21H20N6O4/c1-14(17-6-2-3-10-23-17)25-18-8-7-15(11-19(18)27(30)31)21(29)24-13-20(28)26-16-5-4-9-22-12-16/h2-12,14,25H,13H2,1H3,(H,24,29)(H,26,28). The summed E-state index contributed by atoms with van der Waals surface area (Å²) in [6, 6.07) is 12.5. The summed E-state index contributed by atoms with van der Waals surface area (Å²) in [6.45, 7) is 1.53. The molecule has 31 heavy (non-hydrogen) atoms. The van der Waals surface area contributed by atoms with Crippen molar-refractivity contribution in [2.24, 2.45) is 0 Å². The lowest BCUT2D eigenvalue weighted by Gasteiger charge is -2.15. The van der Waals surface area contributed by atoms with Crippen LogP contribution in [0.5, 0.6) is 0 Å². The summed E-state index contributed by atoms with van der Waals surface area (Å²) in [5.74, 6) is -1.05. The summed E-state index contributed by atoms with van der Waals surface area (Å²) in [6.07, 6.45) is 4.68. The molecule has 0 saturated carbocycles. The number of benzene rings is 1. The van der Waals surface area contributed by atoms with Gasteiger partial charge in [0.15, 0.2) is 0 Å². The quantitative estimate of drug-likeness (QED) is 0.376. The van der Waals surface area contributed by atoms with Crippen LogP contribution in [0.3, 0.4) is 0 Å². The topological polar surface area (TPSA) is 139 Å². The minimum atomic E-state index is -0.603. The summed E-state index contributed by atoms with van der Waals surface area (Å²) < 4.78 is 0. The highest BCUT2D eigenvalue weighted by atomic mass is 16.6. The molecule has 0 aliphatic carbocycles. The number of nitrogens with zero attached hydrogens (tertiary/aromatic N) is 3. The molecule has 0 bridgehead atoms. The van der Waals surface area contributed by atoms with Crippen LogP contribution in [-0.2, 0) is 4.79 Å². The molecule has 1 aromatic carbocycles. The fraction of sp³-hybridized carbons (Fsp3) is 0.143. The van der Waals surface area contributed by atoms with Gasteiger partial charge in [0.1, 0.15) is 5.69 Å². The molecule has 0 spiro atoms. The van der Waals surface area contributed by atoms with E-state index in [0.29, 0.717) is 5.69 Å². The Morgan fingerprint density at radius 1 is 1.13 bits per heavy atom. The Morgan fingerprint density at radius 3 is 2.65 bits per heavy atom. The van der Waals surface area contributed by atoms with Crippen molar-refractivity contribution in [1.29, 1.82) is 0 Å². The maximum Gasteiger partial charge on any atom is 0.293 e. The number of hydrogen-bond donors (Lipinski definition) is 3. The molecule has 1 unspecified atom stereocenters. The largest absolute Gasteiger partial charge is 0.371 e. The molecule has 0 radical (unpaired) electrons. The predicted octanol–water partition coefficient (Wildman–Crippen LogP) is 2.93. The summed E-state index contributed by atoms with van der Waals surface area (Å²) in [7, 11) is 0. The Hall–Kier alpha value is -4.34. The van der Waals surface area contributed by atoms with Crippen LogP contribution >= 0.6 is 0 Å². The summed E-state index contributed by atoms with van der Waals surface area (Å²) in [5, 5.41) is 19.6. The number of pyridine rings is 2. The second kappa shape index (κ2) is 9.92. The average molecular weight is 420 g/mol. The van der Waals surface area contributed by atoms with Crippen LogP contribution in [0.15, 0.2) is 67.1 Å². The van der Waals surface area contributed by atoms with Crippen molar-refractivity contribution in [1.82, 2.24) is 15.3 Å². The van der Waals surface area contributed by atoms with E-state index in [2.05, 4.69) is 25.9 Å². The zero-order valence-electron chi connectivity index (χ0n) is 16.6. The maximum atomic E-state index is 12.4. The van der Waals surface area contributed by atoms with Crippen molar-refractivity contribution in [3.63, 3.8) is 0 Å². The molecule has 0 aliphatic rings. The van der Waals surface area contributed by atoms with Crippen LogP contribution in [0.2, 0.25) is 0 Å². The van der Waals surface area contributed by atoms with Gasteiger partial charge in [-0.25, -0.2) is 0 Å². The molecule has 2 heterocycles. The highest BCUT2D eigenvalue weighted by Gasteiger charge is 2.20. The van der Waals surface area contributed by atoms with Gasteiger partial charge in [-0.2, -0.15) is 0 Å². The van der Waals surface area contributed by atoms with E-state index >= 15 is 0 Å². The molecular formula is C21H20N6O4. The van der Waals surface area contributed by atoms with Crippen molar-refractivity contribution < 1.29 is 14.5 Å². The number of rotatable bonds is 8. The normalized spacial score (nSPS) is 11.3. The fourth-order valence-electron chi connectivity index (χ4n) is 2.79. The third-order valence-corrected chi connectivity index (χ3v) is 4.31. The van der Waals surface area contributed by atoms with E-state index in [-0.39, 0.29) is 29.5 Å². The number of aromatic nitrogens is 2. The van der Waals surface area contributed by atoms with E-state index in [1.54, 1.807) is 30.6 Å². The van der Waals surface area contributed by atoms with E-state index in [1.165, 1.54) is 24.4 Å². The summed E-state index contributed by atoms with van der Waals surface area (Å²) in [4.78, 5) is 43.4. The monoisotopic (exact) mass is 420 g/mol. The Labute approximate surface area is 177 Å². The highest BCUT2D eigenvalue weighted by Crippen LogP contribution is 2.28. The Balaban J connectivity index is 1.66. The van der Waals surface area contributed by atoms with E-state index in [0.717, 1.165) is 5.69 Å². The lowest BCUT2D eigenvalue weighted by Crippen LogP contribution is -2.32. The van der Waals surface area contributed by atoms with Gasteiger partial charge in [0.2, 0.25) is 5.91 Å². The first-order chi connectivity index (χ1) is 14.9. The molecular weight excluding hydrogens is 400 g/mol. The minimum Gasteiger partial charge on any atom is -0.371 e. The second-order valence-corrected chi connectivity index (χ2v) is 6.58. The van der Waals surface area contributed by atoms with E-state index in [9.17, 15) is 19.7 Å². The van der Waals surface area contributed by atoms with Crippen molar-refractivity contribution >= 4 is 28.9 Å². The highest BCUT2D eigenvalue weighted by molar-refractivity contribution is 6.00. The molecule has 3 rings (SSSR count). The number of anilines is 2. The van der Waals surface area contributed by atoms with Crippen LogP contribution in [0.4, 0.5) is 17.1 Å². The zero-order valence-corrected chi connectivity index (χ0v) is 16.6. The van der Waals surface area contributed by atoms with Gasteiger partial charge in [-0.05, 0) is 43.3 Å². The van der Waals surface area contributed by atoms with Gasteiger partial charge in [-0.15, -0.1) is 0 Å². The molecule has 1 atom stereocenters. The lowest BCUT2D eigenvalue weighted by atomic mass is 10.1. The number of hydrogen-bond acceptors (Lipinski definition) is 7. The van der Waals surface area contributed by atoms with Crippen molar-refractivity contribution in [2.75, 3.05) is 17.2 Å². The van der Waals surface area contributed by atoms with Crippen LogP contribution in [0.25, 0.3) is 0 Å². The Bertz CT molecular complexity index is 1080. The van der Waals surface area contributed by atoms with Crippen molar-refractivity contribution in [3.05, 3.63) is 88.5 Å². The molecule has 0 aliphatic heterocycles. The zero-order chi connectivity index (χ0) is 22.2. The molecule has 0 fully saturated rings. The van der Waals surface area contributed by atoms with Crippen molar-refractivity contribution in [3.8, 4) is 0 Å². The molecule has 158 valence electrons. The third kappa shape index (κ3) is 5.82. The first kappa shape index (κ1) is 21.4. The van der Waals surface area contributed by atoms with E-state index < -0.39 is 16.7 Å². The maximum absolute atomic E-state index is 12.4. The third-order valence-electron chi connectivity index (χ3n) is 4.31. The van der Waals surface area contributed by atoms with Gasteiger partial charge in [0, 0.05) is 24.0 Å². The van der Waals surface area contributed by atoms with Gasteiger partial charge in [-0.3, -0.25) is 29.7 Å². The SMILES string of the molecule is CC(Nc1ccc(C(=O)NCC(=O)Nc2cccnc2)cc1[N+](=O)[O-])c1ccccn1. The first-order valence-electron chi connectivity index (χ1n) is 9.38. The second-order valence-electron chi connectivity index (χ2n) is 6.58. The molecule has 10 nitrogen and oxygen atoms in total. The number of amides is 2. The van der Waals surface area contributed by atoms with Crippen LogP contribution in [0, 0.1) is 10.1 Å². The molecule has 2 amide bonds. The number of nitro groups is 1. The van der Waals surface area contributed by atoms with Gasteiger partial charge in [0.25, 0.3) is 11.6 Å². The molecule has 3 N–H and O–H groups in total. The molecule has 10 heteroatoms. The Kier molecular flexibility index (Phi) is 6.84. The molecule has 0 saturated heterocycles. The van der Waals surface area contributed by atoms with Crippen LogP contribution < -0.4 is 16.0 Å². The van der Waals surface area contributed by atoms with E-state index in [1.807, 2.05) is 19.1 Å². The van der Waals surface area contributed by atoms with Gasteiger partial charge in [-0.1, -0.05) is 6.07 Å². The summed E-state index contributed by atoms with van der Waals surface area (Å²) >= 11 is 0. The summed E-state index contributed by atoms with van der Waals surface area (Å²) in [5.41, 5.74) is 1.29. The average Bonchev–Trinajstić information content (AvgIpc) is 2.78. The number of nitro benzene ring substituents is 1. The fourth-order valence-corrected chi connectivity index (χ4v) is 2.79. The van der Waals surface area contributed by atoms with E-state index in [4.69, 9.17) is 0 Å². The van der Waals surface area contributed by atoms with Gasteiger partial charge >= 0.3 is 0 Å². The van der Waals surface area contributed by atoms with Crippen molar-refractivity contribution in [2.45, 2.75) is 13.0 Å². The number of nitrogens with one attached hydrogen (secondary N) is 3. The molecule has 3 aromatic rings. The molecule has 2 aromatic heterocycles. The van der Waals surface area contributed by atoms with Gasteiger partial charge in [0.05, 0.1) is 35.1 Å². The predicted molar refractivity (Wildman–Crippen MR) is 115 cm³/mol. The number of carbonyl (C=O) groups is 2. The first-order valence-corrected chi connectivity index (χ1v) is 9.38.